The minimum atomic E-state index is -2.74. The van der Waals surface area contributed by atoms with Crippen LogP contribution in [-0.4, -0.2) is 25.9 Å². The smallest absolute Gasteiger partial charge is 0.267 e. The Morgan fingerprint density at radius 3 is 2.09 bits per heavy atom. The number of alkyl halides is 4. The maximum atomic E-state index is 12.7. The maximum Gasteiger partial charge on any atom is 0.267 e. The van der Waals surface area contributed by atoms with Crippen LogP contribution in [0.1, 0.15) is 32.1 Å². The van der Waals surface area contributed by atoms with Gasteiger partial charge < -0.3 is 4.43 Å². The van der Waals surface area contributed by atoms with Gasteiger partial charge in [0.25, 0.3) is 11.8 Å². The molecule has 22 heavy (non-hydrogen) atoms. The van der Waals surface area contributed by atoms with E-state index >= 15 is 0 Å². The first-order chi connectivity index (χ1) is 9.89. The van der Waals surface area contributed by atoms with Crippen LogP contribution in [0, 0.1) is 0 Å². The third-order valence-electron chi connectivity index (χ3n) is 3.02. The molecule has 126 valence electrons. The van der Waals surface area contributed by atoms with Crippen LogP contribution in [0.15, 0.2) is 24.0 Å². The van der Waals surface area contributed by atoms with Gasteiger partial charge in [-0.15, -0.1) is 0 Å². The van der Waals surface area contributed by atoms with Crippen molar-refractivity contribution in [2.24, 2.45) is 0 Å². The fourth-order valence-corrected chi connectivity index (χ4v) is 2.90. The number of carbonyl (C=O) groups is 1. The van der Waals surface area contributed by atoms with Crippen LogP contribution < -0.4 is 0 Å². The van der Waals surface area contributed by atoms with Crippen molar-refractivity contribution in [2.45, 2.75) is 63.6 Å². The first-order valence-electron chi connectivity index (χ1n) is 7.24. The first-order valence-corrected chi connectivity index (χ1v) is 10.7. The highest BCUT2D eigenvalue weighted by Gasteiger charge is 2.32. The summed E-state index contributed by atoms with van der Waals surface area (Å²) in [6, 6.07) is 0. The van der Waals surface area contributed by atoms with Crippen LogP contribution in [0.5, 0.6) is 0 Å². The largest absolute Gasteiger partial charge is 0.548 e. The van der Waals surface area contributed by atoms with Crippen molar-refractivity contribution in [1.29, 1.82) is 0 Å². The maximum absolute atomic E-state index is 12.7. The van der Waals surface area contributed by atoms with Crippen LogP contribution in [0.3, 0.4) is 0 Å². The topological polar surface area (TPSA) is 26.3 Å². The van der Waals surface area contributed by atoms with E-state index in [0.29, 0.717) is 12.5 Å². The first kappa shape index (κ1) is 18.9. The molecule has 0 bridgehead atoms. The zero-order valence-corrected chi connectivity index (χ0v) is 14.1. The summed E-state index contributed by atoms with van der Waals surface area (Å²) in [5.41, 5.74) is 0. The van der Waals surface area contributed by atoms with Crippen molar-refractivity contribution in [1.82, 2.24) is 0 Å². The molecule has 0 radical (unpaired) electrons. The van der Waals surface area contributed by atoms with Gasteiger partial charge in [0.2, 0.25) is 8.32 Å². The minimum Gasteiger partial charge on any atom is -0.548 e. The van der Waals surface area contributed by atoms with Crippen molar-refractivity contribution < 1.29 is 26.8 Å². The highest BCUT2D eigenvalue weighted by molar-refractivity contribution is 6.70. The molecule has 2 aliphatic carbocycles. The second kappa shape index (κ2) is 6.98. The van der Waals surface area contributed by atoms with Crippen molar-refractivity contribution in [3.8, 4) is 0 Å². The minimum absolute atomic E-state index is 0.0243. The monoisotopic (exact) mass is 338 g/mol. The number of hydrogen-bond donors (Lipinski definition) is 0. The predicted molar refractivity (Wildman–Crippen MR) is 79.6 cm³/mol. The number of allylic oxidation sites excluding steroid dienone is 4. The third-order valence-corrected chi connectivity index (χ3v) is 3.90. The van der Waals surface area contributed by atoms with Crippen LogP contribution in [0.4, 0.5) is 17.6 Å². The van der Waals surface area contributed by atoms with Crippen LogP contribution in [0.25, 0.3) is 0 Å². The summed E-state index contributed by atoms with van der Waals surface area (Å²) in [7, 11) is -1.60. The Morgan fingerprint density at radius 2 is 1.73 bits per heavy atom. The lowest BCUT2D eigenvalue weighted by Crippen LogP contribution is -2.27. The number of carbonyl (C=O) groups excluding carboxylic acids is 1. The Kier molecular flexibility index (Phi) is 6.00. The van der Waals surface area contributed by atoms with E-state index < -0.39 is 20.2 Å². The number of rotatable bonds is 2. The molecule has 0 spiro atoms. The summed E-state index contributed by atoms with van der Waals surface area (Å²) >= 11 is 0. The van der Waals surface area contributed by atoms with Gasteiger partial charge in [0.05, 0.1) is 5.76 Å². The molecule has 7 heteroatoms. The van der Waals surface area contributed by atoms with Gasteiger partial charge in [-0.3, -0.25) is 4.79 Å². The van der Waals surface area contributed by atoms with Gasteiger partial charge in [-0.1, -0.05) is 0 Å². The molecule has 0 heterocycles. The van der Waals surface area contributed by atoms with Gasteiger partial charge in [-0.05, 0) is 37.9 Å². The molecule has 0 saturated carbocycles. The van der Waals surface area contributed by atoms with Crippen LogP contribution >= 0.6 is 0 Å². The van der Waals surface area contributed by atoms with Gasteiger partial charge in [0.15, 0.2) is 5.78 Å². The Balaban J connectivity index is 0.000000235. The fourth-order valence-electron chi connectivity index (χ4n) is 1.93. The average molecular weight is 338 g/mol. The van der Waals surface area contributed by atoms with Crippen molar-refractivity contribution in [3.63, 3.8) is 0 Å². The average Bonchev–Trinajstić information content (AvgIpc) is 2.35. The van der Waals surface area contributed by atoms with Crippen molar-refractivity contribution in [2.75, 3.05) is 0 Å². The molecule has 0 aliphatic heterocycles. The SMILES string of the molecule is C[Si](C)(C)OC1=CCC(F)(F)CC1.O=C1C=CC(F)(F)CC1. The molecule has 0 amide bonds. The van der Waals surface area contributed by atoms with Gasteiger partial charge in [0.1, 0.15) is 0 Å². The molecule has 0 fully saturated rings. The molecule has 2 aliphatic rings. The molecule has 0 aromatic rings. The van der Waals surface area contributed by atoms with Gasteiger partial charge in [0, 0.05) is 32.1 Å². The summed E-state index contributed by atoms with van der Waals surface area (Å²) in [4.78, 5) is 10.3. The number of hydrogen-bond acceptors (Lipinski definition) is 2. The lowest BCUT2D eigenvalue weighted by atomic mass is 10.0. The molecule has 0 N–H and O–H groups in total. The van der Waals surface area contributed by atoms with Crippen LogP contribution in [-0.2, 0) is 9.22 Å². The molecule has 0 unspecified atom stereocenters. The number of ketones is 1. The summed E-state index contributed by atoms with van der Waals surface area (Å²) < 4.78 is 55.4. The van der Waals surface area contributed by atoms with Gasteiger partial charge in [-0.2, -0.15) is 0 Å². The molecular formula is C15H22F4O2Si. The molecule has 0 aromatic carbocycles. The normalized spacial score (nSPS) is 23.2. The van der Waals surface area contributed by atoms with Crippen molar-refractivity contribution >= 4 is 14.1 Å². The third kappa shape index (κ3) is 7.77. The molecule has 0 aromatic heterocycles. The zero-order valence-electron chi connectivity index (χ0n) is 13.1. The Hall–Kier alpha value is -1.11. The Bertz CT molecular complexity index is 465. The van der Waals surface area contributed by atoms with E-state index in [-0.39, 0.29) is 31.5 Å². The van der Waals surface area contributed by atoms with E-state index in [1.54, 1.807) is 6.08 Å². The lowest BCUT2D eigenvalue weighted by Gasteiger charge is -2.27. The van der Waals surface area contributed by atoms with E-state index in [1.165, 1.54) is 0 Å². The van der Waals surface area contributed by atoms with Gasteiger partial charge >= 0.3 is 0 Å². The Morgan fingerprint density at radius 1 is 1.09 bits per heavy atom. The standard InChI is InChI=1S/C9H16F2OSi.C6H6F2O/c1-13(2,3)12-8-4-6-9(10,11)7-5-8;7-6(8)3-1-5(9)2-4-6/h4H,5-7H2,1-3H3;1,3H,2,4H2. The second-order valence-electron chi connectivity index (χ2n) is 6.51. The summed E-state index contributed by atoms with van der Waals surface area (Å²) in [6.07, 6.45) is 2.96. The molecule has 0 saturated heterocycles. The quantitative estimate of drug-likeness (QED) is 0.518. The predicted octanol–water partition coefficient (Wildman–Crippen LogP) is 5.08. The lowest BCUT2D eigenvalue weighted by molar-refractivity contribution is -0.117. The van der Waals surface area contributed by atoms with E-state index in [4.69, 9.17) is 4.43 Å². The zero-order chi connectivity index (χ0) is 17.0. The summed E-state index contributed by atoms with van der Waals surface area (Å²) in [6.45, 7) is 6.17. The second-order valence-corrected chi connectivity index (χ2v) is 10.9. The summed E-state index contributed by atoms with van der Waals surface area (Å²) in [5, 5.41) is 0. The molecule has 2 nitrogen and oxygen atoms in total. The molecule has 2 rings (SSSR count). The Labute approximate surface area is 129 Å². The molecule has 0 atom stereocenters. The van der Waals surface area contributed by atoms with E-state index in [0.717, 1.165) is 11.8 Å². The van der Waals surface area contributed by atoms with E-state index in [2.05, 4.69) is 19.6 Å². The molecular weight excluding hydrogens is 316 g/mol. The van der Waals surface area contributed by atoms with Crippen LogP contribution in [0.2, 0.25) is 19.6 Å². The fraction of sp³-hybridized carbons (Fsp3) is 0.667. The highest BCUT2D eigenvalue weighted by Crippen LogP contribution is 2.33. The van der Waals surface area contributed by atoms with Gasteiger partial charge in [-0.25, -0.2) is 17.6 Å². The highest BCUT2D eigenvalue weighted by atomic mass is 28.4. The van der Waals surface area contributed by atoms with E-state index in [1.807, 2.05) is 0 Å². The number of halogens is 4. The summed E-state index contributed by atoms with van der Waals surface area (Å²) in [5.74, 6) is -4.69. The van der Waals surface area contributed by atoms with Crippen molar-refractivity contribution in [3.05, 3.63) is 24.0 Å². The van der Waals surface area contributed by atoms with E-state index in [9.17, 15) is 22.4 Å².